The van der Waals surface area contributed by atoms with Crippen molar-refractivity contribution in [3.8, 4) is 0 Å². The Kier molecular flexibility index (Phi) is 5.07. The molecular weight excluding hydrogens is 292 g/mol. The number of rotatable bonds is 4. The number of carbonyl (C=O) groups is 2. The van der Waals surface area contributed by atoms with Crippen LogP contribution in [-0.2, 0) is 9.59 Å². The number of nitrogens with one attached hydrogen (secondary N) is 2. The number of nitrogens with two attached hydrogens (primary N) is 1. The number of carbonyl (C=O) groups excluding carboxylic acids is 2. The van der Waals surface area contributed by atoms with Crippen LogP contribution in [0.2, 0.25) is 0 Å². The van der Waals surface area contributed by atoms with Crippen molar-refractivity contribution in [3.05, 3.63) is 29.8 Å². The molecule has 0 bridgehead atoms. The molecule has 0 radical (unpaired) electrons. The van der Waals surface area contributed by atoms with Crippen LogP contribution in [-0.4, -0.2) is 30.9 Å². The van der Waals surface area contributed by atoms with Gasteiger partial charge >= 0.3 is 0 Å². The maximum absolute atomic E-state index is 13.5. The smallest absolute Gasteiger partial charge is 0.282 e. The van der Waals surface area contributed by atoms with E-state index in [1.165, 1.54) is 0 Å². The molecule has 5 nitrogen and oxygen atoms in total. The maximum atomic E-state index is 13.5. The van der Waals surface area contributed by atoms with E-state index in [0.29, 0.717) is 25.9 Å². The Bertz CT molecular complexity index is 572. The molecule has 0 saturated carbocycles. The van der Waals surface area contributed by atoms with Gasteiger partial charge < -0.3 is 16.0 Å². The summed E-state index contributed by atoms with van der Waals surface area (Å²) in [6, 6.07) is 2.50. The zero-order valence-electron chi connectivity index (χ0n) is 12.4. The summed E-state index contributed by atoms with van der Waals surface area (Å²) >= 11 is 0. The fourth-order valence-corrected chi connectivity index (χ4v) is 2.73. The number of likely N-dealkylation sites (tertiary alicyclic amines) is 1. The van der Waals surface area contributed by atoms with Crippen molar-refractivity contribution in [3.63, 3.8) is 0 Å². The van der Waals surface area contributed by atoms with Crippen molar-refractivity contribution in [1.29, 1.82) is 0 Å². The van der Waals surface area contributed by atoms with E-state index in [1.807, 2.05) is 0 Å². The van der Waals surface area contributed by atoms with E-state index in [2.05, 4.69) is 5.32 Å². The minimum absolute atomic E-state index is 0.139. The summed E-state index contributed by atoms with van der Waals surface area (Å²) in [6.45, 7) is 3.02. The van der Waals surface area contributed by atoms with Gasteiger partial charge in [0, 0.05) is 24.8 Å². The van der Waals surface area contributed by atoms with Gasteiger partial charge in [-0.2, -0.15) is 0 Å². The SMILES string of the molecule is C[C@@H](C(=O)Nc1cc(F)ccc1F)[NH+]1CCC(C(N)=O)CC1. The number of benzene rings is 1. The van der Waals surface area contributed by atoms with Gasteiger partial charge in [0.1, 0.15) is 11.6 Å². The molecular formula is C15H20F2N3O2+. The molecule has 120 valence electrons. The Hall–Kier alpha value is -2.02. The number of quaternary nitrogens is 1. The number of halogens is 2. The van der Waals surface area contributed by atoms with Gasteiger partial charge in [-0.05, 0) is 19.1 Å². The number of hydrogen-bond acceptors (Lipinski definition) is 2. The predicted molar refractivity (Wildman–Crippen MR) is 77.1 cm³/mol. The second-order valence-electron chi connectivity index (χ2n) is 5.67. The zero-order chi connectivity index (χ0) is 16.3. The maximum Gasteiger partial charge on any atom is 0.282 e. The number of piperidine rings is 1. The Labute approximate surface area is 127 Å². The van der Waals surface area contributed by atoms with E-state index >= 15 is 0 Å². The number of anilines is 1. The Morgan fingerprint density at radius 3 is 2.55 bits per heavy atom. The molecule has 7 heteroatoms. The molecule has 4 N–H and O–H groups in total. The van der Waals surface area contributed by atoms with Crippen molar-refractivity contribution in [2.75, 3.05) is 18.4 Å². The third-order valence-electron chi connectivity index (χ3n) is 4.22. The van der Waals surface area contributed by atoms with Gasteiger partial charge in [0.05, 0.1) is 18.8 Å². The van der Waals surface area contributed by atoms with Gasteiger partial charge in [0.2, 0.25) is 5.91 Å². The van der Waals surface area contributed by atoms with Gasteiger partial charge in [-0.1, -0.05) is 0 Å². The van der Waals surface area contributed by atoms with Gasteiger partial charge in [0.25, 0.3) is 5.91 Å². The predicted octanol–water partition coefficient (Wildman–Crippen LogP) is 0.0720. The molecule has 1 saturated heterocycles. The molecule has 0 unspecified atom stereocenters. The first-order valence-corrected chi connectivity index (χ1v) is 7.28. The summed E-state index contributed by atoms with van der Waals surface area (Å²) < 4.78 is 26.6. The van der Waals surface area contributed by atoms with Gasteiger partial charge in [-0.15, -0.1) is 0 Å². The van der Waals surface area contributed by atoms with Gasteiger partial charge in [0.15, 0.2) is 6.04 Å². The summed E-state index contributed by atoms with van der Waals surface area (Å²) in [5.41, 5.74) is 5.11. The second-order valence-corrected chi connectivity index (χ2v) is 5.67. The molecule has 22 heavy (non-hydrogen) atoms. The first-order valence-electron chi connectivity index (χ1n) is 7.28. The molecule has 1 aromatic carbocycles. The average molecular weight is 312 g/mol. The first kappa shape index (κ1) is 16.4. The lowest BCUT2D eigenvalue weighted by Crippen LogP contribution is -3.17. The second kappa shape index (κ2) is 6.83. The van der Waals surface area contributed by atoms with E-state index in [9.17, 15) is 18.4 Å². The van der Waals surface area contributed by atoms with E-state index in [-0.39, 0.29) is 23.4 Å². The summed E-state index contributed by atoms with van der Waals surface area (Å²) in [4.78, 5) is 24.3. The Morgan fingerprint density at radius 1 is 1.32 bits per heavy atom. The van der Waals surface area contributed by atoms with E-state index < -0.39 is 17.7 Å². The Balaban J connectivity index is 1.95. The largest absolute Gasteiger partial charge is 0.369 e. The minimum Gasteiger partial charge on any atom is -0.369 e. The molecule has 2 amide bonds. The van der Waals surface area contributed by atoms with Crippen LogP contribution in [0.15, 0.2) is 18.2 Å². The molecule has 1 aliphatic heterocycles. The quantitative estimate of drug-likeness (QED) is 0.736. The van der Waals surface area contributed by atoms with Crippen molar-refractivity contribution in [1.82, 2.24) is 0 Å². The lowest BCUT2D eigenvalue weighted by atomic mass is 9.95. The fraction of sp³-hybridized carbons (Fsp3) is 0.467. The Morgan fingerprint density at radius 2 is 1.95 bits per heavy atom. The summed E-state index contributed by atoms with van der Waals surface area (Å²) in [7, 11) is 0. The molecule has 1 heterocycles. The number of hydrogen-bond donors (Lipinski definition) is 3. The van der Waals surface area contributed by atoms with Gasteiger partial charge in [-0.3, -0.25) is 9.59 Å². The van der Waals surface area contributed by atoms with Crippen LogP contribution in [0.4, 0.5) is 14.5 Å². The van der Waals surface area contributed by atoms with Crippen LogP contribution in [0.25, 0.3) is 0 Å². The van der Waals surface area contributed by atoms with Crippen LogP contribution in [0.3, 0.4) is 0 Å². The molecule has 1 atom stereocenters. The summed E-state index contributed by atoms with van der Waals surface area (Å²) in [5.74, 6) is -2.11. The van der Waals surface area contributed by atoms with Crippen molar-refractivity contribution < 1.29 is 23.3 Å². The van der Waals surface area contributed by atoms with Crippen LogP contribution >= 0.6 is 0 Å². The normalized spacial score (nSPS) is 22.9. The molecule has 1 aromatic rings. The monoisotopic (exact) mass is 312 g/mol. The first-order chi connectivity index (χ1) is 10.4. The van der Waals surface area contributed by atoms with Crippen LogP contribution < -0.4 is 16.0 Å². The highest BCUT2D eigenvalue weighted by atomic mass is 19.1. The van der Waals surface area contributed by atoms with Crippen molar-refractivity contribution >= 4 is 17.5 Å². The van der Waals surface area contributed by atoms with Gasteiger partial charge in [-0.25, -0.2) is 8.78 Å². The van der Waals surface area contributed by atoms with E-state index in [0.717, 1.165) is 23.1 Å². The van der Waals surface area contributed by atoms with Crippen molar-refractivity contribution in [2.24, 2.45) is 11.7 Å². The molecule has 2 rings (SSSR count). The topological polar surface area (TPSA) is 76.6 Å². The summed E-state index contributed by atoms with van der Waals surface area (Å²) in [5, 5.41) is 2.42. The van der Waals surface area contributed by atoms with Crippen LogP contribution in [0, 0.1) is 17.6 Å². The number of amides is 2. The molecule has 1 fully saturated rings. The average Bonchev–Trinajstić information content (AvgIpc) is 2.50. The minimum atomic E-state index is -0.676. The highest BCUT2D eigenvalue weighted by Gasteiger charge is 2.32. The third kappa shape index (κ3) is 3.79. The molecule has 0 spiro atoms. The molecule has 0 aromatic heterocycles. The molecule has 1 aliphatic rings. The van der Waals surface area contributed by atoms with Crippen molar-refractivity contribution in [2.45, 2.75) is 25.8 Å². The zero-order valence-corrected chi connectivity index (χ0v) is 12.4. The summed E-state index contributed by atoms with van der Waals surface area (Å²) in [6.07, 6.45) is 1.27. The van der Waals surface area contributed by atoms with E-state index in [4.69, 9.17) is 5.73 Å². The lowest BCUT2D eigenvalue weighted by molar-refractivity contribution is -0.919. The molecule has 0 aliphatic carbocycles. The number of primary amides is 1. The fourth-order valence-electron chi connectivity index (χ4n) is 2.73. The lowest BCUT2D eigenvalue weighted by Gasteiger charge is -2.31. The van der Waals surface area contributed by atoms with Crippen LogP contribution in [0.5, 0.6) is 0 Å². The van der Waals surface area contributed by atoms with Crippen LogP contribution in [0.1, 0.15) is 19.8 Å². The van der Waals surface area contributed by atoms with E-state index in [1.54, 1.807) is 6.92 Å². The standard InChI is InChI=1S/C15H19F2N3O2/c1-9(20-6-4-10(5-7-20)14(18)21)15(22)19-13-8-11(16)2-3-12(13)17/h2-3,8-10H,4-7H2,1H3,(H2,18,21)(H,19,22)/p+1/t9-/m0/s1. The highest BCUT2D eigenvalue weighted by molar-refractivity contribution is 5.93. The third-order valence-corrected chi connectivity index (χ3v) is 4.22. The highest BCUT2D eigenvalue weighted by Crippen LogP contribution is 2.15.